The number of nitrogens with one attached hydrogen (secondary N) is 1. The molecule has 0 aliphatic rings. The molecule has 2 rings (SSSR count). The van der Waals surface area contributed by atoms with Crippen LogP contribution in [-0.4, -0.2) is 10.2 Å². The number of aryl methyl sites for hydroxylation is 1. The first-order valence-electron chi connectivity index (χ1n) is 4.34. The van der Waals surface area contributed by atoms with Gasteiger partial charge in [0.15, 0.2) is 0 Å². The van der Waals surface area contributed by atoms with Gasteiger partial charge in [0, 0.05) is 0 Å². The molecule has 0 saturated carbocycles. The third-order valence-electron chi connectivity index (χ3n) is 2.09. The van der Waals surface area contributed by atoms with Crippen LogP contribution in [0.3, 0.4) is 0 Å². The van der Waals surface area contributed by atoms with Crippen molar-refractivity contribution in [3.63, 3.8) is 0 Å². The van der Waals surface area contributed by atoms with E-state index in [1.165, 1.54) is 0 Å². The highest BCUT2D eigenvalue weighted by atomic mass is 16.4. The van der Waals surface area contributed by atoms with Crippen LogP contribution in [0.4, 0.5) is 0 Å². The Kier molecular flexibility index (Phi) is 2.18. The third-order valence-corrected chi connectivity index (χ3v) is 2.09. The van der Waals surface area contributed by atoms with E-state index in [0.717, 1.165) is 11.1 Å². The molecule has 2 aromatic rings. The summed E-state index contributed by atoms with van der Waals surface area (Å²) in [6.07, 6.45) is 0.547. The summed E-state index contributed by atoms with van der Waals surface area (Å²) >= 11 is 0. The molecular weight excluding hydrogens is 180 g/mol. The van der Waals surface area contributed by atoms with E-state index in [1.807, 2.05) is 31.2 Å². The lowest BCUT2D eigenvalue weighted by Gasteiger charge is -2.00. The number of hydrogen-bond donors (Lipinski definition) is 1. The van der Waals surface area contributed by atoms with Gasteiger partial charge in [-0.2, -0.15) is 0 Å². The molecule has 4 heteroatoms. The lowest BCUT2D eigenvalue weighted by Crippen LogP contribution is -1.94. The molecule has 0 aliphatic heterocycles. The van der Waals surface area contributed by atoms with Crippen LogP contribution in [0.25, 0.3) is 0 Å². The van der Waals surface area contributed by atoms with Crippen LogP contribution in [0.5, 0.6) is 0 Å². The Hall–Kier alpha value is -1.84. The van der Waals surface area contributed by atoms with Gasteiger partial charge in [0.1, 0.15) is 0 Å². The molecule has 72 valence electrons. The van der Waals surface area contributed by atoms with Crippen molar-refractivity contribution in [1.82, 2.24) is 10.2 Å². The number of rotatable bonds is 2. The van der Waals surface area contributed by atoms with Crippen molar-refractivity contribution >= 4 is 0 Å². The summed E-state index contributed by atoms with van der Waals surface area (Å²) in [6.45, 7) is 2.01. The summed E-state index contributed by atoms with van der Waals surface area (Å²) in [5.74, 6) is -0.0853. The second kappa shape index (κ2) is 3.49. The lowest BCUT2D eigenvalue weighted by atomic mass is 10.1. The molecule has 0 atom stereocenters. The van der Waals surface area contributed by atoms with E-state index in [1.54, 1.807) is 0 Å². The van der Waals surface area contributed by atoms with E-state index >= 15 is 0 Å². The maximum Gasteiger partial charge on any atom is 0.434 e. The van der Waals surface area contributed by atoms with Crippen molar-refractivity contribution < 1.29 is 4.42 Å². The number of hydrogen-bond acceptors (Lipinski definition) is 3. The average molecular weight is 190 g/mol. The van der Waals surface area contributed by atoms with Crippen LogP contribution in [0.15, 0.2) is 33.5 Å². The van der Waals surface area contributed by atoms with Gasteiger partial charge in [0.25, 0.3) is 0 Å². The predicted molar refractivity (Wildman–Crippen MR) is 51.1 cm³/mol. The number of nitrogens with zero attached hydrogens (tertiary/aromatic N) is 1. The third kappa shape index (κ3) is 1.74. The molecule has 1 aromatic carbocycles. The maximum atomic E-state index is 10.7. The molecule has 1 aromatic heterocycles. The quantitative estimate of drug-likeness (QED) is 0.775. The fourth-order valence-corrected chi connectivity index (χ4v) is 1.31. The van der Waals surface area contributed by atoms with Gasteiger partial charge in [0.2, 0.25) is 5.89 Å². The highest BCUT2D eigenvalue weighted by Crippen LogP contribution is 2.10. The summed E-state index contributed by atoms with van der Waals surface area (Å²) in [6, 6.07) is 7.93. The lowest BCUT2D eigenvalue weighted by molar-refractivity contribution is 0.471. The van der Waals surface area contributed by atoms with Crippen LogP contribution >= 0.6 is 0 Å². The summed E-state index contributed by atoms with van der Waals surface area (Å²) in [5, 5.41) is 5.98. The van der Waals surface area contributed by atoms with Gasteiger partial charge < -0.3 is 4.42 Å². The van der Waals surface area contributed by atoms with Crippen LogP contribution < -0.4 is 5.76 Å². The van der Waals surface area contributed by atoms with Gasteiger partial charge in [-0.3, -0.25) is 0 Å². The van der Waals surface area contributed by atoms with Gasteiger partial charge >= 0.3 is 5.76 Å². The minimum absolute atomic E-state index is 0.421. The zero-order valence-electron chi connectivity index (χ0n) is 7.78. The largest absolute Gasteiger partial charge is 0.434 e. The van der Waals surface area contributed by atoms with Gasteiger partial charge in [0.05, 0.1) is 6.42 Å². The molecule has 0 fully saturated rings. The summed E-state index contributed by atoms with van der Waals surface area (Å²) in [7, 11) is 0. The van der Waals surface area contributed by atoms with Crippen LogP contribution in [-0.2, 0) is 6.42 Å². The van der Waals surface area contributed by atoms with Crippen LogP contribution in [0, 0.1) is 6.92 Å². The zero-order chi connectivity index (χ0) is 9.97. The molecule has 1 N–H and O–H groups in total. The second-order valence-corrected chi connectivity index (χ2v) is 3.11. The topological polar surface area (TPSA) is 58.9 Å². The number of aromatic amines is 1. The molecular formula is C10H10N2O2. The Morgan fingerprint density at radius 2 is 2.21 bits per heavy atom. The van der Waals surface area contributed by atoms with E-state index in [4.69, 9.17) is 4.42 Å². The van der Waals surface area contributed by atoms with Crippen LogP contribution in [0.1, 0.15) is 17.0 Å². The van der Waals surface area contributed by atoms with E-state index < -0.39 is 5.76 Å². The van der Waals surface area contributed by atoms with Gasteiger partial charge in [-0.05, 0) is 18.1 Å². The van der Waals surface area contributed by atoms with Crippen molar-refractivity contribution in [2.75, 3.05) is 0 Å². The molecule has 0 saturated heterocycles. The second-order valence-electron chi connectivity index (χ2n) is 3.11. The molecule has 0 aliphatic carbocycles. The van der Waals surface area contributed by atoms with Crippen molar-refractivity contribution in [3.8, 4) is 0 Å². The summed E-state index contributed by atoms with van der Waals surface area (Å²) < 4.78 is 4.82. The first kappa shape index (κ1) is 8.74. The smallest absolute Gasteiger partial charge is 0.392 e. The van der Waals surface area contributed by atoms with E-state index in [2.05, 4.69) is 10.2 Å². The standard InChI is InChI=1S/C10H10N2O2/c1-7-4-2-3-5-8(7)6-9-11-12-10(13)14-9/h2-5H,6H2,1H3,(H,12,13). The van der Waals surface area contributed by atoms with Crippen LogP contribution in [0.2, 0.25) is 0 Å². The molecule has 0 bridgehead atoms. The molecule has 0 radical (unpaired) electrons. The molecule has 1 heterocycles. The Balaban J connectivity index is 2.27. The number of H-pyrrole nitrogens is 1. The Bertz CT molecular complexity index is 485. The predicted octanol–water partition coefficient (Wildman–Crippen LogP) is 1.26. The van der Waals surface area contributed by atoms with E-state index in [0.29, 0.717) is 12.3 Å². The normalized spacial score (nSPS) is 10.4. The van der Waals surface area contributed by atoms with Gasteiger partial charge in [-0.25, -0.2) is 9.89 Å². The highest BCUT2D eigenvalue weighted by molar-refractivity contribution is 5.27. The van der Waals surface area contributed by atoms with E-state index in [-0.39, 0.29) is 0 Å². The number of aromatic nitrogens is 2. The van der Waals surface area contributed by atoms with Crippen molar-refractivity contribution in [1.29, 1.82) is 0 Å². The molecule has 0 amide bonds. The van der Waals surface area contributed by atoms with Crippen molar-refractivity contribution in [3.05, 3.63) is 51.8 Å². The molecule has 0 unspecified atom stereocenters. The van der Waals surface area contributed by atoms with E-state index in [9.17, 15) is 4.79 Å². The Morgan fingerprint density at radius 1 is 1.43 bits per heavy atom. The number of benzene rings is 1. The zero-order valence-corrected chi connectivity index (χ0v) is 7.78. The Labute approximate surface area is 80.6 Å². The highest BCUT2D eigenvalue weighted by Gasteiger charge is 2.04. The summed E-state index contributed by atoms with van der Waals surface area (Å²) in [5.41, 5.74) is 2.28. The SMILES string of the molecule is Cc1ccccc1Cc1n[nH]c(=O)o1. The monoisotopic (exact) mass is 190 g/mol. The fraction of sp³-hybridized carbons (Fsp3) is 0.200. The molecule has 14 heavy (non-hydrogen) atoms. The van der Waals surface area contributed by atoms with Gasteiger partial charge in [-0.15, -0.1) is 5.10 Å². The summed E-state index contributed by atoms with van der Waals surface area (Å²) in [4.78, 5) is 10.7. The van der Waals surface area contributed by atoms with Crippen molar-refractivity contribution in [2.45, 2.75) is 13.3 Å². The minimum atomic E-state index is -0.506. The fourth-order valence-electron chi connectivity index (χ4n) is 1.31. The molecule has 0 spiro atoms. The Morgan fingerprint density at radius 3 is 2.86 bits per heavy atom. The minimum Gasteiger partial charge on any atom is -0.392 e. The van der Waals surface area contributed by atoms with Crippen molar-refractivity contribution in [2.24, 2.45) is 0 Å². The first-order valence-corrected chi connectivity index (χ1v) is 4.34. The molecule has 4 nitrogen and oxygen atoms in total. The average Bonchev–Trinajstić information content (AvgIpc) is 2.56. The first-order chi connectivity index (χ1) is 6.75. The van der Waals surface area contributed by atoms with Gasteiger partial charge in [-0.1, -0.05) is 24.3 Å². The maximum absolute atomic E-state index is 10.7.